The highest BCUT2D eigenvalue weighted by Crippen LogP contribution is 2.28. The molecule has 0 aliphatic carbocycles. The number of hydrogen-bond donors (Lipinski definition) is 2. The van der Waals surface area contributed by atoms with Crippen molar-refractivity contribution in [3.05, 3.63) is 22.4 Å². The lowest BCUT2D eigenvalue weighted by atomic mass is 9.97. The maximum atomic E-state index is 5.12. The van der Waals surface area contributed by atoms with Crippen LogP contribution in [0.2, 0.25) is 0 Å². The zero-order valence-electron chi connectivity index (χ0n) is 18.1. The van der Waals surface area contributed by atoms with E-state index in [-0.39, 0.29) is 0 Å². The molecule has 1 aliphatic heterocycles. The average molecular weight is 410 g/mol. The van der Waals surface area contributed by atoms with Crippen molar-refractivity contribution in [3.63, 3.8) is 0 Å². The Hall–Kier alpha value is -1.15. The lowest BCUT2D eigenvalue weighted by molar-refractivity contribution is 0.140. The van der Waals surface area contributed by atoms with Gasteiger partial charge in [0.25, 0.3) is 0 Å². The predicted molar refractivity (Wildman–Crippen MR) is 120 cm³/mol. The SMILES string of the molecule is CN=C(NCCN(C)CCCOC)NCC(c1cccs1)N1CCC(C)CC1. The fourth-order valence-corrected chi connectivity index (χ4v) is 4.46. The van der Waals surface area contributed by atoms with Crippen LogP contribution < -0.4 is 10.6 Å². The van der Waals surface area contributed by atoms with E-state index in [2.05, 4.69) is 56.9 Å². The quantitative estimate of drug-likeness (QED) is 0.334. The van der Waals surface area contributed by atoms with Crippen molar-refractivity contribution < 1.29 is 4.74 Å². The number of likely N-dealkylation sites (N-methyl/N-ethyl adjacent to an activating group) is 1. The molecule has 1 aromatic rings. The van der Waals surface area contributed by atoms with Gasteiger partial charge in [0, 0.05) is 51.8 Å². The zero-order valence-corrected chi connectivity index (χ0v) is 18.9. The van der Waals surface area contributed by atoms with E-state index in [4.69, 9.17) is 4.74 Å². The third-order valence-corrected chi connectivity index (χ3v) is 6.46. The van der Waals surface area contributed by atoms with Crippen molar-refractivity contribution >= 4 is 17.3 Å². The van der Waals surface area contributed by atoms with Gasteiger partial charge in [0.2, 0.25) is 0 Å². The van der Waals surface area contributed by atoms with Crippen LogP contribution in [0, 0.1) is 5.92 Å². The van der Waals surface area contributed by atoms with Crippen molar-refractivity contribution in [2.45, 2.75) is 32.2 Å². The number of guanidine groups is 1. The van der Waals surface area contributed by atoms with Gasteiger partial charge in [0.05, 0.1) is 6.04 Å². The van der Waals surface area contributed by atoms with Gasteiger partial charge in [-0.3, -0.25) is 9.89 Å². The minimum absolute atomic E-state index is 0.419. The van der Waals surface area contributed by atoms with Gasteiger partial charge in [-0.1, -0.05) is 13.0 Å². The van der Waals surface area contributed by atoms with E-state index in [0.717, 1.165) is 51.1 Å². The van der Waals surface area contributed by atoms with E-state index < -0.39 is 0 Å². The lowest BCUT2D eigenvalue weighted by Gasteiger charge is -2.36. The molecule has 0 saturated carbocycles. The summed E-state index contributed by atoms with van der Waals surface area (Å²) in [7, 11) is 5.75. The van der Waals surface area contributed by atoms with Crippen LogP contribution in [0.15, 0.2) is 22.5 Å². The highest BCUT2D eigenvalue weighted by Gasteiger charge is 2.25. The van der Waals surface area contributed by atoms with E-state index in [1.165, 1.54) is 30.8 Å². The van der Waals surface area contributed by atoms with Crippen molar-refractivity contribution in [3.8, 4) is 0 Å². The Morgan fingerprint density at radius 1 is 1.36 bits per heavy atom. The summed E-state index contributed by atoms with van der Waals surface area (Å²) in [6.45, 7) is 9.37. The summed E-state index contributed by atoms with van der Waals surface area (Å²) < 4.78 is 5.12. The van der Waals surface area contributed by atoms with Crippen LogP contribution in [0.1, 0.15) is 37.1 Å². The molecular weight excluding hydrogens is 370 g/mol. The van der Waals surface area contributed by atoms with Gasteiger partial charge < -0.3 is 20.3 Å². The predicted octanol–water partition coefficient (Wildman–Crippen LogP) is 2.65. The molecule has 0 aromatic carbocycles. The van der Waals surface area contributed by atoms with Crippen LogP contribution in [-0.2, 0) is 4.74 Å². The molecule has 7 heteroatoms. The first-order valence-corrected chi connectivity index (χ1v) is 11.4. The normalized spacial score (nSPS) is 17.8. The molecule has 1 aliphatic rings. The number of methoxy groups -OCH3 is 1. The van der Waals surface area contributed by atoms with E-state index in [1.807, 2.05) is 18.4 Å². The van der Waals surface area contributed by atoms with Crippen LogP contribution >= 0.6 is 11.3 Å². The fraction of sp³-hybridized carbons (Fsp3) is 0.762. The topological polar surface area (TPSA) is 52.1 Å². The molecule has 2 N–H and O–H groups in total. The second-order valence-corrected chi connectivity index (χ2v) is 8.76. The summed E-state index contributed by atoms with van der Waals surface area (Å²) in [5, 5.41) is 9.19. The zero-order chi connectivity index (χ0) is 20.2. The number of hydrogen-bond acceptors (Lipinski definition) is 5. The fourth-order valence-electron chi connectivity index (χ4n) is 3.60. The first kappa shape index (κ1) is 23.1. The number of nitrogens with one attached hydrogen (secondary N) is 2. The van der Waals surface area contributed by atoms with Crippen molar-refractivity contribution in [2.24, 2.45) is 10.9 Å². The molecule has 28 heavy (non-hydrogen) atoms. The average Bonchev–Trinajstić information content (AvgIpc) is 3.22. The summed E-state index contributed by atoms with van der Waals surface area (Å²) in [5.41, 5.74) is 0. The van der Waals surface area contributed by atoms with Crippen LogP contribution in [-0.4, -0.2) is 82.8 Å². The van der Waals surface area contributed by atoms with Crippen LogP contribution in [0.4, 0.5) is 0 Å². The molecule has 1 saturated heterocycles. The van der Waals surface area contributed by atoms with Crippen LogP contribution in [0.3, 0.4) is 0 Å². The molecule has 1 atom stereocenters. The third kappa shape index (κ3) is 8.07. The van der Waals surface area contributed by atoms with E-state index in [9.17, 15) is 0 Å². The van der Waals surface area contributed by atoms with Crippen LogP contribution in [0.25, 0.3) is 0 Å². The Bertz CT molecular complexity index is 543. The third-order valence-electron chi connectivity index (χ3n) is 5.49. The van der Waals surface area contributed by atoms with Gasteiger partial charge in [-0.15, -0.1) is 11.3 Å². The molecule has 1 unspecified atom stereocenters. The minimum Gasteiger partial charge on any atom is -0.385 e. The van der Waals surface area contributed by atoms with Gasteiger partial charge >= 0.3 is 0 Å². The lowest BCUT2D eigenvalue weighted by Crippen LogP contribution is -2.46. The van der Waals surface area contributed by atoms with E-state index in [0.29, 0.717) is 6.04 Å². The molecule has 1 fully saturated rings. The summed E-state index contributed by atoms with van der Waals surface area (Å²) in [5.74, 6) is 1.74. The molecule has 0 spiro atoms. The number of aliphatic imine (C=N–C) groups is 1. The van der Waals surface area contributed by atoms with Gasteiger partial charge in [-0.25, -0.2) is 0 Å². The van der Waals surface area contributed by atoms with Gasteiger partial charge in [-0.05, 0) is 56.8 Å². The number of piperidine rings is 1. The summed E-state index contributed by atoms with van der Waals surface area (Å²) >= 11 is 1.86. The second-order valence-electron chi connectivity index (χ2n) is 7.78. The van der Waals surface area contributed by atoms with E-state index in [1.54, 1.807) is 7.11 Å². The smallest absolute Gasteiger partial charge is 0.191 e. The molecule has 2 rings (SSSR count). The second kappa shape index (κ2) is 13.1. The first-order chi connectivity index (χ1) is 13.6. The Kier molecular flexibility index (Phi) is 10.9. The van der Waals surface area contributed by atoms with Gasteiger partial charge in [0.15, 0.2) is 5.96 Å². The summed E-state index contributed by atoms with van der Waals surface area (Å²) in [4.78, 5) is 10.8. The highest BCUT2D eigenvalue weighted by atomic mass is 32.1. The molecule has 6 nitrogen and oxygen atoms in total. The number of nitrogens with zero attached hydrogens (tertiary/aromatic N) is 3. The molecule has 0 radical (unpaired) electrons. The van der Waals surface area contributed by atoms with Crippen molar-refractivity contribution in [1.29, 1.82) is 0 Å². The Labute approximate surface area is 175 Å². The Morgan fingerprint density at radius 3 is 2.79 bits per heavy atom. The maximum Gasteiger partial charge on any atom is 0.191 e. The summed E-state index contributed by atoms with van der Waals surface area (Å²) in [6, 6.07) is 4.84. The van der Waals surface area contributed by atoms with Crippen molar-refractivity contribution in [2.75, 3.05) is 67.1 Å². The Balaban J connectivity index is 1.78. The number of likely N-dealkylation sites (tertiary alicyclic amines) is 1. The van der Waals surface area contributed by atoms with Gasteiger partial charge in [0.1, 0.15) is 0 Å². The monoisotopic (exact) mass is 409 g/mol. The molecule has 2 heterocycles. The largest absolute Gasteiger partial charge is 0.385 e. The molecule has 1 aromatic heterocycles. The first-order valence-electron chi connectivity index (χ1n) is 10.5. The maximum absolute atomic E-state index is 5.12. The van der Waals surface area contributed by atoms with Crippen molar-refractivity contribution in [1.82, 2.24) is 20.4 Å². The van der Waals surface area contributed by atoms with Gasteiger partial charge in [-0.2, -0.15) is 0 Å². The number of rotatable bonds is 11. The number of thiophene rings is 1. The highest BCUT2D eigenvalue weighted by molar-refractivity contribution is 7.10. The summed E-state index contributed by atoms with van der Waals surface area (Å²) in [6.07, 6.45) is 3.66. The van der Waals surface area contributed by atoms with Crippen LogP contribution in [0.5, 0.6) is 0 Å². The molecule has 0 bridgehead atoms. The molecule has 160 valence electrons. The molecular formula is C21H39N5OS. The molecule has 0 amide bonds. The standard InChI is InChI=1S/C21H39N5OS/c1-18-8-12-26(13-9-18)19(20-7-5-16-28-20)17-24-21(22-2)23-10-14-25(3)11-6-15-27-4/h5,7,16,18-19H,6,8-15,17H2,1-4H3,(H2,22,23,24). The van der Waals surface area contributed by atoms with E-state index >= 15 is 0 Å². The minimum atomic E-state index is 0.419. The Morgan fingerprint density at radius 2 is 2.14 bits per heavy atom. The number of ether oxygens (including phenoxy) is 1.